The Balaban J connectivity index is 2.19. The highest BCUT2D eigenvalue weighted by Gasteiger charge is 2.12. The summed E-state index contributed by atoms with van der Waals surface area (Å²) >= 11 is 11.9. The summed E-state index contributed by atoms with van der Waals surface area (Å²) in [6.45, 7) is 1.84. The average Bonchev–Trinajstić information content (AvgIpc) is 2.68. The SMILES string of the molecule is Cc1nccn1C(O)Cc1ccc(Cl)cc1Cl. The first-order valence-electron chi connectivity index (χ1n) is 5.19. The van der Waals surface area contributed by atoms with Crippen LogP contribution in [0.15, 0.2) is 30.6 Å². The van der Waals surface area contributed by atoms with Gasteiger partial charge in [-0.25, -0.2) is 4.98 Å². The van der Waals surface area contributed by atoms with E-state index in [1.54, 1.807) is 29.1 Å². The van der Waals surface area contributed by atoms with Crippen molar-refractivity contribution in [3.8, 4) is 0 Å². The van der Waals surface area contributed by atoms with E-state index in [0.717, 1.165) is 11.4 Å². The van der Waals surface area contributed by atoms with Crippen molar-refractivity contribution >= 4 is 23.2 Å². The summed E-state index contributed by atoms with van der Waals surface area (Å²) in [5.41, 5.74) is 0.858. The highest BCUT2D eigenvalue weighted by atomic mass is 35.5. The number of imidazole rings is 1. The predicted octanol–water partition coefficient (Wildman–Crippen LogP) is 3.23. The second-order valence-corrected chi connectivity index (χ2v) is 4.65. The van der Waals surface area contributed by atoms with Crippen LogP contribution in [0.1, 0.15) is 17.6 Å². The van der Waals surface area contributed by atoms with E-state index in [-0.39, 0.29) is 0 Å². The van der Waals surface area contributed by atoms with E-state index in [4.69, 9.17) is 23.2 Å². The zero-order chi connectivity index (χ0) is 12.4. The Bertz CT molecular complexity index is 525. The topological polar surface area (TPSA) is 38.0 Å². The molecule has 1 unspecified atom stereocenters. The first-order valence-corrected chi connectivity index (χ1v) is 5.95. The van der Waals surface area contributed by atoms with Gasteiger partial charge in [0, 0.05) is 28.9 Å². The molecule has 1 atom stereocenters. The van der Waals surface area contributed by atoms with Crippen LogP contribution in [0.2, 0.25) is 10.0 Å². The number of aliphatic hydroxyl groups excluding tert-OH is 1. The monoisotopic (exact) mass is 270 g/mol. The summed E-state index contributed by atoms with van der Waals surface area (Å²) in [7, 11) is 0. The Labute approximate surface area is 110 Å². The Morgan fingerprint density at radius 1 is 1.41 bits per heavy atom. The minimum atomic E-state index is -0.670. The van der Waals surface area contributed by atoms with E-state index < -0.39 is 6.23 Å². The number of hydrogen-bond donors (Lipinski definition) is 1. The smallest absolute Gasteiger partial charge is 0.135 e. The average molecular weight is 271 g/mol. The van der Waals surface area contributed by atoms with Crippen molar-refractivity contribution in [3.05, 3.63) is 52.0 Å². The second-order valence-electron chi connectivity index (χ2n) is 3.80. The van der Waals surface area contributed by atoms with Crippen LogP contribution in [-0.2, 0) is 6.42 Å². The van der Waals surface area contributed by atoms with Crippen LogP contribution >= 0.6 is 23.2 Å². The summed E-state index contributed by atoms with van der Waals surface area (Å²) in [5.74, 6) is 0.766. The molecule has 17 heavy (non-hydrogen) atoms. The molecule has 1 N–H and O–H groups in total. The lowest BCUT2D eigenvalue weighted by molar-refractivity contribution is 0.102. The minimum Gasteiger partial charge on any atom is -0.373 e. The van der Waals surface area contributed by atoms with Gasteiger partial charge in [-0.15, -0.1) is 0 Å². The number of benzene rings is 1. The molecule has 90 valence electrons. The van der Waals surface area contributed by atoms with Gasteiger partial charge in [-0.3, -0.25) is 0 Å². The summed E-state index contributed by atoms with van der Waals surface area (Å²) in [6, 6.07) is 5.25. The Morgan fingerprint density at radius 2 is 2.18 bits per heavy atom. The van der Waals surface area contributed by atoms with Gasteiger partial charge in [0.25, 0.3) is 0 Å². The van der Waals surface area contributed by atoms with Crippen LogP contribution in [0.4, 0.5) is 0 Å². The Morgan fingerprint density at radius 3 is 2.76 bits per heavy atom. The maximum Gasteiger partial charge on any atom is 0.135 e. The molecule has 2 rings (SSSR count). The number of nitrogens with zero attached hydrogens (tertiary/aromatic N) is 2. The lowest BCUT2D eigenvalue weighted by Gasteiger charge is -2.14. The molecule has 0 saturated heterocycles. The molecule has 0 aliphatic heterocycles. The van der Waals surface area contributed by atoms with E-state index in [1.807, 2.05) is 13.0 Å². The maximum absolute atomic E-state index is 10.1. The van der Waals surface area contributed by atoms with Crippen LogP contribution in [-0.4, -0.2) is 14.7 Å². The van der Waals surface area contributed by atoms with E-state index in [9.17, 15) is 5.11 Å². The van der Waals surface area contributed by atoms with E-state index in [2.05, 4.69) is 4.98 Å². The minimum absolute atomic E-state index is 0.424. The first-order chi connectivity index (χ1) is 8.08. The molecule has 0 spiro atoms. The molecule has 0 radical (unpaired) electrons. The lowest BCUT2D eigenvalue weighted by Crippen LogP contribution is -2.12. The highest BCUT2D eigenvalue weighted by Crippen LogP contribution is 2.24. The number of halogens is 2. The van der Waals surface area contributed by atoms with Gasteiger partial charge in [0.05, 0.1) is 0 Å². The van der Waals surface area contributed by atoms with Crippen molar-refractivity contribution in [2.24, 2.45) is 0 Å². The zero-order valence-corrected chi connectivity index (χ0v) is 10.8. The molecule has 1 heterocycles. The molecule has 3 nitrogen and oxygen atoms in total. The largest absolute Gasteiger partial charge is 0.373 e. The van der Waals surface area contributed by atoms with Crippen molar-refractivity contribution < 1.29 is 5.11 Å². The number of aromatic nitrogens is 2. The van der Waals surface area contributed by atoms with Crippen molar-refractivity contribution in [3.63, 3.8) is 0 Å². The second kappa shape index (κ2) is 5.08. The van der Waals surface area contributed by atoms with Gasteiger partial charge in [0.1, 0.15) is 12.1 Å². The van der Waals surface area contributed by atoms with E-state index in [0.29, 0.717) is 16.5 Å². The van der Waals surface area contributed by atoms with Gasteiger partial charge in [-0.1, -0.05) is 29.3 Å². The molecule has 1 aromatic carbocycles. The summed E-state index contributed by atoms with van der Waals surface area (Å²) < 4.78 is 1.70. The fourth-order valence-corrected chi connectivity index (χ4v) is 2.17. The Hall–Kier alpha value is -1.03. The standard InChI is InChI=1S/C12H12Cl2N2O/c1-8-15-4-5-16(8)12(17)6-9-2-3-10(13)7-11(9)14/h2-5,7,12,17H,6H2,1H3. The molecule has 1 aromatic heterocycles. The molecule has 0 bridgehead atoms. The third-order valence-corrected chi connectivity index (χ3v) is 3.19. The molecule has 5 heteroatoms. The van der Waals surface area contributed by atoms with Gasteiger partial charge in [-0.05, 0) is 24.6 Å². The van der Waals surface area contributed by atoms with Crippen LogP contribution in [0, 0.1) is 6.92 Å². The molecule has 0 saturated carbocycles. The van der Waals surface area contributed by atoms with Crippen LogP contribution in [0.5, 0.6) is 0 Å². The number of aryl methyl sites for hydroxylation is 1. The van der Waals surface area contributed by atoms with Crippen molar-refractivity contribution in [2.75, 3.05) is 0 Å². The summed E-state index contributed by atoms with van der Waals surface area (Å²) in [5, 5.41) is 11.2. The quantitative estimate of drug-likeness (QED) is 0.930. The van der Waals surface area contributed by atoms with E-state index >= 15 is 0 Å². The molecule has 2 aromatic rings. The van der Waals surface area contributed by atoms with Crippen molar-refractivity contribution in [1.82, 2.24) is 9.55 Å². The third-order valence-electron chi connectivity index (χ3n) is 2.60. The summed E-state index contributed by atoms with van der Waals surface area (Å²) in [4.78, 5) is 4.06. The van der Waals surface area contributed by atoms with Crippen LogP contribution in [0.25, 0.3) is 0 Å². The van der Waals surface area contributed by atoms with Gasteiger partial charge < -0.3 is 9.67 Å². The fourth-order valence-electron chi connectivity index (χ4n) is 1.68. The predicted molar refractivity (Wildman–Crippen MR) is 68.4 cm³/mol. The van der Waals surface area contributed by atoms with Gasteiger partial charge in [-0.2, -0.15) is 0 Å². The highest BCUT2D eigenvalue weighted by molar-refractivity contribution is 6.35. The first kappa shape index (κ1) is 12.4. The van der Waals surface area contributed by atoms with Crippen LogP contribution in [0.3, 0.4) is 0 Å². The molecular formula is C12H12Cl2N2O. The molecule has 0 aliphatic carbocycles. The van der Waals surface area contributed by atoms with E-state index in [1.165, 1.54) is 0 Å². The van der Waals surface area contributed by atoms with Crippen molar-refractivity contribution in [1.29, 1.82) is 0 Å². The number of rotatable bonds is 3. The lowest BCUT2D eigenvalue weighted by atomic mass is 10.1. The number of hydrogen-bond acceptors (Lipinski definition) is 2. The van der Waals surface area contributed by atoms with Gasteiger partial charge in [0.15, 0.2) is 0 Å². The third kappa shape index (κ3) is 2.80. The zero-order valence-electron chi connectivity index (χ0n) is 9.27. The molecule has 0 fully saturated rings. The van der Waals surface area contributed by atoms with Gasteiger partial charge >= 0.3 is 0 Å². The van der Waals surface area contributed by atoms with Crippen molar-refractivity contribution in [2.45, 2.75) is 19.6 Å². The Kier molecular flexibility index (Phi) is 3.72. The summed E-state index contributed by atoms with van der Waals surface area (Å²) in [6.07, 6.45) is 3.15. The normalized spacial score (nSPS) is 12.7. The maximum atomic E-state index is 10.1. The molecule has 0 aliphatic rings. The molecular weight excluding hydrogens is 259 g/mol. The fraction of sp³-hybridized carbons (Fsp3) is 0.250. The van der Waals surface area contributed by atoms with Gasteiger partial charge in [0.2, 0.25) is 0 Å². The number of aliphatic hydroxyl groups is 1. The molecule has 0 amide bonds. The van der Waals surface area contributed by atoms with Crippen LogP contribution < -0.4 is 0 Å².